The van der Waals surface area contributed by atoms with E-state index in [1.807, 2.05) is 11.0 Å². The number of hydrogen-bond acceptors (Lipinski definition) is 2. The van der Waals surface area contributed by atoms with Gasteiger partial charge in [-0.25, -0.2) is 4.79 Å². The normalized spacial score (nSPS) is 20.5. The van der Waals surface area contributed by atoms with Gasteiger partial charge in [-0.05, 0) is 30.9 Å². The molecule has 2 amide bonds. The van der Waals surface area contributed by atoms with Crippen LogP contribution >= 0.6 is 0 Å². The van der Waals surface area contributed by atoms with Crippen LogP contribution in [0.5, 0.6) is 0 Å². The minimum Gasteiger partial charge on any atom is -0.335 e. The molecule has 1 saturated carbocycles. The zero-order chi connectivity index (χ0) is 17.5. The predicted molar refractivity (Wildman–Crippen MR) is 104 cm³/mol. The molecule has 2 aliphatic rings. The predicted octanol–water partition coefficient (Wildman–Crippen LogP) is 3.75. The number of nitrogens with zero attached hydrogens (tertiary/aromatic N) is 2. The van der Waals surface area contributed by atoms with Crippen molar-refractivity contribution in [2.45, 2.75) is 45.1 Å². The molecule has 0 atom stereocenters. The van der Waals surface area contributed by atoms with Crippen LogP contribution in [-0.4, -0.2) is 54.6 Å². The number of amides is 2. The fourth-order valence-corrected chi connectivity index (χ4v) is 3.73. The molecule has 0 spiro atoms. The zero-order valence-electron chi connectivity index (χ0n) is 15.4. The molecule has 0 aromatic heterocycles. The summed E-state index contributed by atoms with van der Waals surface area (Å²) in [5, 5.41) is 3.23. The van der Waals surface area contributed by atoms with Crippen molar-refractivity contribution in [3.05, 3.63) is 42.0 Å². The van der Waals surface area contributed by atoms with Gasteiger partial charge in [-0.1, -0.05) is 55.7 Å². The number of hydrogen-bond donors (Lipinski definition) is 1. The first-order chi connectivity index (χ1) is 12.2. The maximum Gasteiger partial charge on any atom is 0.317 e. The van der Waals surface area contributed by atoms with Gasteiger partial charge < -0.3 is 10.2 Å². The number of piperazine rings is 1. The first-order valence-electron chi connectivity index (χ1n) is 9.72. The van der Waals surface area contributed by atoms with Gasteiger partial charge in [0.1, 0.15) is 0 Å². The van der Waals surface area contributed by atoms with Gasteiger partial charge in [-0.15, -0.1) is 0 Å². The van der Waals surface area contributed by atoms with E-state index in [2.05, 4.69) is 47.5 Å². The highest BCUT2D eigenvalue weighted by molar-refractivity contribution is 5.74. The molecular formula is C21H31N3O. The van der Waals surface area contributed by atoms with Crippen molar-refractivity contribution in [3.63, 3.8) is 0 Å². The lowest BCUT2D eigenvalue weighted by Crippen LogP contribution is -2.53. The summed E-state index contributed by atoms with van der Waals surface area (Å²) in [7, 11) is 0. The largest absolute Gasteiger partial charge is 0.335 e. The standard InChI is InChI=1S/C21H31N3O/c1-18(19-8-4-2-5-9-19)12-13-23-14-16-24(17-15-23)21(25)22-20-10-6-3-7-11-20/h2,4-5,8-9,12,20H,3,6-7,10-11,13-17H2,1H3,(H,22,25)/b18-12+. The Labute approximate surface area is 151 Å². The molecule has 25 heavy (non-hydrogen) atoms. The van der Waals surface area contributed by atoms with E-state index in [4.69, 9.17) is 0 Å². The lowest BCUT2D eigenvalue weighted by atomic mass is 9.96. The third-order valence-electron chi connectivity index (χ3n) is 5.48. The van der Waals surface area contributed by atoms with E-state index < -0.39 is 0 Å². The van der Waals surface area contributed by atoms with Gasteiger partial charge in [0.2, 0.25) is 0 Å². The van der Waals surface area contributed by atoms with E-state index in [0.29, 0.717) is 6.04 Å². The molecule has 1 aliphatic heterocycles. The summed E-state index contributed by atoms with van der Waals surface area (Å²) >= 11 is 0. The monoisotopic (exact) mass is 341 g/mol. The van der Waals surface area contributed by atoms with Gasteiger partial charge in [-0.2, -0.15) is 0 Å². The smallest absolute Gasteiger partial charge is 0.317 e. The summed E-state index contributed by atoms with van der Waals surface area (Å²) in [6, 6.07) is 11.1. The molecule has 0 bridgehead atoms. The SMILES string of the molecule is C/C(=C\CN1CCN(C(=O)NC2CCCCC2)CC1)c1ccccc1. The molecular weight excluding hydrogens is 310 g/mol. The molecule has 3 rings (SSSR count). The quantitative estimate of drug-likeness (QED) is 0.905. The number of allylic oxidation sites excluding steroid dienone is 1. The summed E-state index contributed by atoms with van der Waals surface area (Å²) in [6.45, 7) is 6.70. The number of carbonyl (C=O) groups excluding carboxylic acids is 1. The van der Waals surface area contributed by atoms with Gasteiger partial charge in [0.05, 0.1) is 0 Å². The minimum atomic E-state index is 0.141. The third kappa shape index (κ3) is 5.33. The second-order valence-electron chi connectivity index (χ2n) is 7.33. The van der Waals surface area contributed by atoms with E-state index >= 15 is 0 Å². The van der Waals surface area contributed by atoms with Crippen LogP contribution in [0.25, 0.3) is 5.57 Å². The van der Waals surface area contributed by atoms with Crippen molar-refractivity contribution in [2.24, 2.45) is 0 Å². The molecule has 1 N–H and O–H groups in total. The molecule has 1 saturated heterocycles. The summed E-state index contributed by atoms with van der Waals surface area (Å²) in [5.41, 5.74) is 2.60. The number of carbonyl (C=O) groups is 1. The number of benzene rings is 1. The van der Waals surface area contributed by atoms with Crippen LogP contribution in [0.2, 0.25) is 0 Å². The molecule has 1 aliphatic carbocycles. The van der Waals surface area contributed by atoms with Crippen molar-refractivity contribution in [1.29, 1.82) is 0 Å². The van der Waals surface area contributed by atoms with Gasteiger partial charge in [-0.3, -0.25) is 4.90 Å². The lowest BCUT2D eigenvalue weighted by Gasteiger charge is -2.35. The van der Waals surface area contributed by atoms with Crippen molar-refractivity contribution in [2.75, 3.05) is 32.7 Å². The molecule has 2 fully saturated rings. The Morgan fingerprint density at radius 2 is 1.76 bits per heavy atom. The van der Waals surface area contributed by atoms with E-state index in [9.17, 15) is 4.79 Å². The van der Waals surface area contributed by atoms with Crippen LogP contribution in [-0.2, 0) is 0 Å². The lowest BCUT2D eigenvalue weighted by molar-refractivity contribution is 0.142. The molecule has 0 unspecified atom stereocenters. The molecule has 136 valence electrons. The zero-order valence-corrected chi connectivity index (χ0v) is 15.4. The van der Waals surface area contributed by atoms with Gasteiger partial charge in [0.15, 0.2) is 0 Å². The van der Waals surface area contributed by atoms with Gasteiger partial charge in [0.25, 0.3) is 0 Å². The number of urea groups is 1. The first kappa shape index (κ1) is 18.0. The van der Waals surface area contributed by atoms with E-state index in [0.717, 1.165) is 45.6 Å². The van der Waals surface area contributed by atoms with Crippen LogP contribution in [0.1, 0.15) is 44.6 Å². The van der Waals surface area contributed by atoms with E-state index in [1.165, 1.54) is 30.4 Å². The summed E-state index contributed by atoms with van der Waals surface area (Å²) in [6.07, 6.45) is 8.43. The molecule has 4 heteroatoms. The highest BCUT2D eigenvalue weighted by Crippen LogP contribution is 2.18. The topological polar surface area (TPSA) is 35.6 Å². The Kier molecular flexibility index (Phi) is 6.51. The summed E-state index contributed by atoms with van der Waals surface area (Å²) in [4.78, 5) is 16.8. The Balaban J connectivity index is 1.41. The van der Waals surface area contributed by atoms with Crippen LogP contribution in [0.3, 0.4) is 0 Å². The highest BCUT2D eigenvalue weighted by Gasteiger charge is 2.23. The van der Waals surface area contributed by atoms with Crippen LogP contribution in [0.15, 0.2) is 36.4 Å². The Bertz CT molecular complexity index is 570. The molecule has 0 radical (unpaired) electrons. The average Bonchev–Trinajstić information content (AvgIpc) is 2.68. The van der Waals surface area contributed by atoms with Gasteiger partial charge >= 0.3 is 6.03 Å². The molecule has 1 aromatic rings. The summed E-state index contributed by atoms with van der Waals surface area (Å²) in [5.74, 6) is 0. The Morgan fingerprint density at radius 3 is 2.44 bits per heavy atom. The second kappa shape index (κ2) is 9.04. The van der Waals surface area contributed by atoms with Crippen molar-refractivity contribution in [3.8, 4) is 0 Å². The highest BCUT2D eigenvalue weighted by atomic mass is 16.2. The maximum atomic E-state index is 12.4. The molecule has 1 heterocycles. The maximum absolute atomic E-state index is 12.4. The fourth-order valence-electron chi connectivity index (χ4n) is 3.73. The third-order valence-corrected chi connectivity index (χ3v) is 5.48. The van der Waals surface area contributed by atoms with Crippen LogP contribution < -0.4 is 5.32 Å². The fraction of sp³-hybridized carbons (Fsp3) is 0.571. The summed E-state index contributed by atoms with van der Waals surface area (Å²) < 4.78 is 0. The minimum absolute atomic E-state index is 0.141. The number of rotatable bonds is 4. The van der Waals surface area contributed by atoms with Crippen molar-refractivity contribution >= 4 is 11.6 Å². The van der Waals surface area contributed by atoms with Crippen molar-refractivity contribution in [1.82, 2.24) is 15.1 Å². The number of nitrogens with one attached hydrogen (secondary N) is 1. The average molecular weight is 341 g/mol. The van der Waals surface area contributed by atoms with E-state index in [1.54, 1.807) is 0 Å². The van der Waals surface area contributed by atoms with E-state index in [-0.39, 0.29) is 6.03 Å². The molecule has 4 nitrogen and oxygen atoms in total. The first-order valence-corrected chi connectivity index (χ1v) is 9.72. The van der Waals surface area contributed by atoms with Crippen molar-refractivity contribution < 1.29 is 4.79 Å². The molecule has 1 aromatic carbocycles. The second-order valence-corrected chi connectivity index (χ2v) is 7.33. The van der Waals surface area contributed by atoms with Crippen LogP contribution in [0, 0.1) is 0 Å². The van der Waals surface area contributed by atoms with Gasteiger partial charge in [0, 0.05) is 38.8 Å². The Hall–Kier alpha value is -1.81. The van der Waals surface area contributed by atoms with Crippen LogP contribution in [0.4, 0.5) is 4.79 Å². The Morgan fingerprint density at radius 1 is 1.08 bits per heavy atom.